The first-order chi connectivity index (χ1) is 8.15. The summed E-state index contributed by atoms with van der Waals surface area (Å²) in [5.41, 5.74) is 1.63. The van der Waals surface area contributed by atoms with Crippen LogP contribution in [0.1, 0.15) is 38.2 Å². The maximum atomic E-state index is 13.2. The van der Waals surface area contributed by atoms with Crippen LogP contribution in [0.5, 0.6) is 0 Å². The average molecular weight is 239 g/mol. The lowest BCUT2D eigenvalue weighted by atomic mass is 10.1. The Labute approximate surface area is 103 Å². The molecule has 96 valence electrons. The van der Waals surface area contributed by atoms with Crippen LogP contribution in [-0.4, -0.2) is 17.8 Å². The molecule has 1 aromatic carbocycles. The van der Waals surface area contributed by atoms with Gasteiger partial charge in [-0.05, 0) is 37.1 Å². The van der Waals surface area contributed by atoms with Crippen molar-refractivity contribution in [3.63, 3.8) is 0 Å². The summed E-state index contributed by atoms with van der Waals surface area (Å²) < 4.78 is 13.2. The van der Waals surface area contributed by atoms with Crippen LogP contribution < -0.4 is 5.32 Å². The van der Waals surface area contributed by atoms with Gasteiger partial charge in [0.2, 0.25) is 0 Å². The zero-order valence-corrected chi connectivity index (χ0v) is 10.7. The molecule has 0 bridgehead atoms. The van der Waals surface area contributed by atoms with E-state index in [1.807, 2.05) is 13.0 Å². The normalized spacial score (nSPS) is 12.5. The Morgan fingerprint density at radius 1 is 1.29 bits per heavy atom. The monoisotopic (exact) mass is 239 g/mol. The summed E-state index contributed by atoms with van der Waals surface area (Å²) in [5.74, 6) is -0.238. The molecule has 2 nitrogen and oxygen atoms in total. The van der Waals surface area contributed by atoms with Crippen LogP contribution in [0.4, 0.5) is 10.1 Å². The Bertz CT molecular complexity index is 321. The molecule has 0 fully saturated rings. The highest BCUT2D eigenvalue weighted by Crippen LogP contribution is 2.16. The maximum absolute atomic E-state index is 13.2. The first kappa shape index (κ1) is 14.0. The summed E-state index contributed by atoms with van der Waals surface area (Å²) in [5, 5.41) is 12.4. The molecule has 0 saturated heterocycles. The van der Waals surface area contributed by atoms with Crippen molar-refractivity contribution in [1.82, 2.24) is 0 Å². The Kier molecular flexibility index (Phi) is 5.98. The van der Waals surface area contributed by atoms with Gasteiger partial charge in [-0.3, -0.25) is 0 Å². The highest BCUT2D eigenvalue weighted by atomic mass is 19.1. The Morgan fingerprint density at radius 2 is 2.06 bits per heavy atom. The van der Waals surface area contributed by atoms with Gasteiger partial charge >= 0.3 is 0 Å². The van der Waals surface area contributed by atoms with Crippen molar-refractivity contribution >= 4 is 5.69 Å². The van der Waals surface area contributed by atoms with Crippen LogP contribution >= 0.6 is 0 Å². The number of halogens is 1. The number of hydrogen-bond donors (Lipinski definition) is 2. The molecular weight excluding hydrogens is 217 g/mol. The molecule has 0 saturated carbocycles. The van der Waals surface area contributed by atoms with Gasteiger partial charge in [0.25, 0.3) is 0 Å². The Hall–Kier alpha value is -1.09. The van der Waals surface area contributed by atoms with E-state index in [2.05, 4.69) is 12.2 Å². The van der Waals surface area contributed by atoms with Crippen molar-refractivity contribution in [3.05, 3.63) is 29.6 Å². The van der Waals surface area contributed by atoms with Gasteiger partial charge in [0.1, 0.15) is 5.82 Å². The molecule has 0 aliphatic heterocycles. The third-order valence-electron chi connectivity index (χ3n) is 2.79. The molecule has 0 aliphatic carbocycles. The number of aryl methyl sites for hydroxylation is 1. The summed E-state index contributed by atoms with van der Waals surface area (Å²) >= 11 is 0. The van der Waals surface area contributed by atoms with Crippen molar-refractivity contribution in [2.45, 2.75) is 45.6 Å². The smallest absolute Gasteiger partial charge is 0.125 e. The third-order valence-corrected chi connectivity index (χ3v) is 2.79. The summed E-state index contributed by atoms with van der Waals surface area (Å²) in [6.45, 7) is 4.09. The fraction of sp³-hybridized carbons (Fsp3) is 0.571. The molecule has 1 rings (SSSR count). The van der Waals surface area contributed by atoms with Gasteiger partial charge in [0.15, 0.2) is 0 Å². The molecule has 0 amide bonds. The molecule has 1 aromatic rings. The van der Waals surface area contributed by atoms with Crippen LogP contribution in [0.3, 0.4) is 0 Å². The zero-order valence-electron chi connectivity index (χ0n) is 10.7. The van der Waals surface area contributed by atoms with Gasteiger partial charge in [-0.15, -0.1) is 0 Å². The van der Waals surface area contributed by atoms with E-state index in [1.54, 1.807) is 0 Å². The van der Waals surface area contributed by atoms with Crippen LogP contribution in [0.15, 0.2) is 18.2 Å². The van der Waals surface area contributed by atoms with Gasteiger partial charge in [-0.1, -0.05) is 26.2 Å². The molecule has 0 radical (unpaired) electrons. The quantitative estimate of drug-likeness (QED) is 0.714. The molecule has 0 aliphatic rings. The van der Waals surface area contributed by atoms with Gasteiger partial charge in [-0.2, -0.15) is 0 Å². The van der Waals surface area contributed by atoms with Gasteiger partial charge in [0.05, 0.1) is 6.61 Å². The topological polar surface area (TPSA) is 32.3 Å². The van der Waals surface area contributed by atoms with E-state index >= 15 is 0 Å². The molecule has 2 N–H and O–H groups in total. The number of hydrogen-bond acceptors (Lipinski definition) is 2. The molecule has 0 spiro atoms. The van der Waals surface area contributed by atoms with Crippen molar-refractivity contribution in [1.29, 1.82) is 0 Å². The number of anilines is 1. The van der Waals surface area contributed by atoms with Gasteiger partial charge < -0.3 is 10.4 Å². The van der Waals surface area contributed by atoms with E-state index in [9.17, 15) is 9.50 Å². The SMILES string of the molecule is CCCCCC(CO)Nc1cc(C)cc(F)c1. The second-order valence-electron chi connectivity index (χ2n) is 4.54. The zero-order chi connectivity index (χ0) is 12.7. The van der Waals surface area contributed by atoms with Crippen LogP contribution in [0.2, 0.25) is 0 Å². The van der Waals surface area contributed by atoms with Crippen molar-refractivity contribution in [3.8, 4) is 0 Å². The summed E-state index contributed by atoms with van der Waals surface area (Å²) in [6, 6.07) is 4.87. The molecule has 1 atom stereocenters. The molecule has 3 heteroatoms. The summed E-state index contributed by atoms with van der Waals surface area (Å²) in [7, 11) is 0. The predicted octanol–water partition coefficient (Wildman–Crippen LogP) is 3.49. The number of nitrogens with one attached hydrogen (secondary N) is 1. The number of aliphatic hydroxyl groups is 1. The maximum Gasteiger partial charge on any atom is 0.125 e. The van der Waals surface area contributed by atoms with Crippen molar-refractivity contribution < 1.29 is 9.50 Å². The molecule has 17 heavy (non-hydrogen) atoms. The predicted molar refractivity (Wildman–Crippen MR) is 69.8 cm³/mol. The molecule has 0 heterocycles. The number of benzene rings is 1. The molecular formula is C14H22FNO. The highest BCUT2D eigenvalue weighted by Gasteiger charge is 2.07. The minimum Gasteiger partial charge on any atom is -0.394 e. The van der Waals surface area contributed by atoms with E-state index in [0.717, 1.165) is 30.5 Å². The van der Waals surface area contributed by atoms with Gasteiger partial charge in [0, 0.05) is 11.7 Å². The first-order valence-electron chi connectivity index (χ1n) is 6.30. The minimum atomic E-state index is -0.238. The largest absolute Gasteiger partial charge is 0.394 e. The van der Waals surface area contributed by atoms with Gasteiger partial charge in [-0.25, -0.2) is 4.39 Å². The van der Waals surface area contributed by atoms with Crippen LogP contribution in [-0.2, 0) is 0 Å². The number of aliphatic hydroxyl groups excluding tert-OH is 1. The average Bonchev–Trinajstić information content (AvgIpc) is 2.26. The van der Waals surface area contributed by atoms with E-state index in [4.69, 9.17) is 0 Å². The lowest BCUT2D eigenvalue weighted by Gasteiger charge is -2.17. The van der Waals surface area contributed by atoms with Crippen LogP contribution in [0, 0.1) is 12.7 Å². The fourth-order valence-electron chi connectivity index (χ4n) is 1.91. The first-order valence-corrected chi connectivity index (χ1v) is 6.30. The second-order valence-corrected chi connectivity index (χ2v) is 4.54. The number of unbranched alkanes of at least 4 members (excludes halogenated alkanes) is 2. The van der Waals surface area contributed by atoms with E-state index in [-0.39, 0.29) is 18.5 Å². The lowest BCUT2D eigenvalue weighted by molar-refractivity contribution is 0.266. The van der Waals surface area contributed by atoms with Crippen LogP contribution in [0.25, 0.3) is 0 Å². The van der Waals surface area contributed by atoms with E-state index in [1.165, 1.54) is 18.6 Å². The summed E-state index contributed by atoms with van der Waals surface area (Å²) in [6.07, 6.45) is 4.33. The van der Waals surface area contributed by atoms with E-state index < -0.39 is 0 Å². The molecule has 0 aromatic heterocycles. The lowest BCUT2D eigenvalue weighted by Crippen LogP contribution is -2.23. The third kappa shape index (κ3) is 5.18. The highest BCUT2D eigenvalue weighted by molar-refractivity contribution is 5.46. The fourth-order valence-corrected chi connectivity index (χ4v) is 1.91. The summed E-state index contributed by atoms with van der Waals surface area (Å²) in [4.78, 5) is 0. The standard InChI is InChI=1S/C14H22FNO/c1-3-4-5-6-13(10-17)16-14-8-11(2)7-12(15)9-14/h7-9,13,16-17H,3-6,10H2,1-2H3. The van der Waals surface area contributed by atoms with Crippen molar-refractivity contribution in [2.75, 3.05) is 11.9 Å². The Morgan fingerprint density at radius 3 is 2.65 bits per heavy atom. The van der Waals surface area contributed by atoms with Crippen molar-refractivity contribution in [2.24, 2.45) is 0 Å². The second kappa shape index (κ2) is 7.28. The van der Waals surface area contributed by atoms with E-state index in [0.29, 0.717) is 0 Å². The molecule has 1 unspecified atom stereocenters. The number of rotatable bonds is 7. The minimum absolute atomic E-state index is 0.0164. The Balaban J connectivity index is 2.54.